The maximum absolute atomic E-state index is 14.0. The van der Waals surface area contributed by atoms with E-state index in [4.69, 9.17) is 0 Å². The highest BCUT2D eigenvalue weighted by atomic mass is 19.1. The molecule has 0 aromatic carbocycles. The van der Waals surface area contributed by atoms with Gasteiger partial charge in [-0.15, -0.1) is 0 Å². The van der Waals surface area contributed by atoms with Crippen LogP contribution in [0.5, 0.6) is 0 Å². The smallest absolute Gasteiger partial charge is 0.120 e. The molecule has 0 aliphatic carbocycles. The molecule has 2 heterocycles. The largest absolute Gasteiger partial charge is 0.295 e. The van der Waals surface area contributed by atoms with Crippen molar-refractivity contribution in [3.8, 4) is 0 Å². The van der Waals surface area contributed by atoms with E-state index >= 15 is 0 Å². The molecule has 0 aromatic heterocycles. The molecule has 2 fully saturated rings. The fourth-order valence-electron chi connectivity index (χ4n) is 3.41. The fourth-order valence-corrected chi connectivity index (χ4v) is 3.41. The third-order valence-corrected chi connectivity index (χ3v) is 3.91. The van der Waals surface area contributed by atoms with Gasteiger partial charge in [0.25, 0.3) is 0 Å². The number of alkyl halides is 1. The number of halogens is 1. The third-order valence-electron chi connectivity index (χ3n) is 3.91. The van der Waals surface area contributed by atoms with E-state index in [-0.39, 0.29) is 5.54 Å². The summed E-state index contributed by atoms with van der Waals surface area (Å²) in [5.41, 5.74) is -0.0631. The Morgan fingerprint density at radius 1 is 1.36 bits per heavy atom. The molecule has 2 rings (SSSR count). The van der Waals surface area contributed by atoms with Gasteiger partial charge in [0.15, 0.2) is 0 Å². The average Bonchev–Trinajstić information content (AvgIpc) is 2.44. The van der Waals surface area contributed by atoms with Gasteiger partial charge in [0.2, 0.25) is 0 Å². The Balaban J connectivity index is 2.15. The molecule has 2 atom stereocenters. The zero-order valence-corrected chi connectivity index (χ0v) is 9.43. The molecule has 0 bridgehead atoms. The Morgan fingerprint density at radius 3 is 2.86 bits per heavy atom. The molecule has 0 aromatic rings. The number of piperidine rings is 1. The van der Waals surface area contributed by atoms with Crippen molar-refractivity contribution in [3.05, 3.63) is 0 Å². The molecule has 82 valence electrons. The molecule has 2 heteroatoms. The first-order valence-corrected chi connectivity index (χ1v) is 6.04. The Bertz CT molecular complexity index is 202. The summed E-state index contributed by atoms with van der Waals surface area (Å²) in [6.45, 7) is 6.56. The summed E-state index contributed by atoms with van der Waals surface area (Å²) in [5.74, 6) is 0.618. The molecule has 0 N–H and O–H groups in total. The van der Waals surface area contributed by atoms with E-state index in [2.05, 4.69) is 18.7 Å². The molecular formula is C12H22FN. The maximum atomic E-state index is 14.0. The van der Waals surface area contributed by atoms with Crippen LogP contribution in [0.3, 0.4) is 0 Å². The van der Waals surface area contributed by atoms with Crippen molar-refractivity contribution in [1.29, 1.82) is 0 Å². The van der Waals surface area contributed by atoms with Crippen molar-refractivity contribution in [1.82, 2.24) is 4.90 Å². The number of rotatable bonds is 2. The molecule has 0 amide bonds. The van der Waals surface area contributed by atoms with Gasteiger partial charge in [0, 0.05) is 6.54 Å². The Morgan fingerprint density at radius 2 is 2.14 bits per heavy atom. The zero-order valence-electron chi connectivity index (χ0n) is 9.43. The molecule has 2 saturated heterocycles. The van der Waals surface area contributed by atoms with Crippen LogP contribution < -0.4 is 0 Å². The summed E-state index contributed by atoms with van der Waals surface area (Å²) in [4.78, 5) is 2.43. The second-order valence-corrected chi connectivity index (χ2v) is 5.40. The Kier molecular flexibility index (Phi) is 2.83. The highest BCUT2D eigenvalue weighted by Crippen LogP contribution is 2.43. The van der Waals surface area contributed by atoms with Gasteiger partial charge < -0.3 is 0 Å². The second kappa shape index (κ2) is 3.80. The van der Waals surface area contributed by atoms with E-state index in [9.17, 15) is 4.39 Å². The van der Waals surface area contributed by atoms with Crippen LogP contribution in [0.1, 0.15) is 46.0 Å². The predicted octanol–water partition coefficient (Wildman–Crippen LogP) is 3.00. The predicted molar refractivity (Wildman–Crippen MR) is 57.1 cm³/mol. The maximum Gasteiger partial charge on any atom is 0.120 e. The first kappa shape index (κ1) is 10.4. The standard InChI is InChI=1S/C12H22FN/c1-10(2)9-12-6-3-4-7-14(12)8-5-11(12)13/h10-11H,3-9H2,1-2H3. The van der Waals surface area contributed by atoms with Crippen LogP contribution in [-0.4, -0.2) is 29.7 Å². The number of hydrogen-bond acceptors (Lipinski definition) is 1. The molecule has 2 aliphatic rings. The van der Waals surface area contributed by atoms with Crippen LogP contribution in [0.25, 0.3) is 0 Å². The second-order valence-electron chi connectivity index (χ2n) is 5.40. The van der Waals surface area contributed by atoms with Gasteiger partial charge >= 0.3 is 0 Å². The molecule has 0 saturated carbocycles. The van der Waals surface area contributed by atoms with Crippen molar-refractivity contribution >= 4 is 0 Å². The highest BCUT2D eigenvalue weighted by Gasteiger charge is 2.49. The van der Waals surface area contributed by atoms with E-state index in [0.29, 0.717) is 5.92 Å². The van der Waals surface area contributed by atoms with Crippen LogP contribution in [-0.2, 0) is 0 Å². The number of fused-ring (bicyclic) bond motifs is 1. The molecule has 0 radical (unpaired) electrons. The highest BCUT2D eigenvalue weighted by molar-refractivity contribution is 5.04. The Labute approximate surface area is 86.7 Å². The molecular weight excluding hydrogens is 177 g/mol. The summed E-state index contributed by atoms with van der Waals surface area (Å²) >= 11 is 0. The minimum Gasteiger partial charge on any atom is -0.295 e. The lowest BCUT2D eigenvalue weighted by atomic mass is 9.79. The topological polar surface area (TPSA) is 3.24 Å². The minimum absolute atomic E-state index is 0.0631. The summed E-state index contributed by atoms with van der Waals surface area (Å²) in [7, 11) is 0. The molecule has 2 aliphatic heterocycles. The van der Waals surface area contributed by atoms with E-state index in [1.54, 1.807) is 0 Å². The average molecular weight is 199 g/mol. The van der Waals surface area contributed by atoms with Gasteiger partial charge in [0.05, 0.1) is 5.54 Å². The lowest BCUT2D eigenvalue weighted by Gasteiger charge is -2.44. The van der Waals surface area contributed by atoms with Crippen molar-refractivity contribution in [2.75, 3.05) is 13.1 Å². The normalized spacial score (nSPS) is 39.0. The fraction of sp³-hybridized carbons (Fsp3) is 1.00. The van der Waals surface area contributed by atoms with Crippen LogP contribution in [0.4, 0.5) is 4.39 Å². The van der Waals surface area contributed by atoms with E-state index in [1.165, 1.54) is 12.8 Å². The first-order chi connectivity index (χ1) is 6.65. The monoisotopic (exact) mass is 199 g/mol. The van der Waals surface area contributed by atoms with Gasteiger partial charge in [-0.05, 0) is 38.1 Å². The summed E-state index contributed by atoms with van der Waals surface area (Å²) < 4.78 is 14.0. The van der Waals surface area contributed by atoms with E-state index in [1.807, 2.05) is 0 Å². The van der Waals surface area contributed by atoms with Crippen molar-refractivity contribution in [2.24, 2.45) is 5.92 Å². The summed E-state index contributed by atoms with van der Waals surface area (Å²) in [6.07, 6.45) is 4.84. The van der Waals surface area contributed by atoms with Gasteiger partial charge in [0.1, 0.15) is 6.17 Å². The number of nitrogens with zero attached hydrogens (tertiary/aromatic N) is 1. The van der Waals surface area contributed by atoms with Gasteiger partial charge in [-0.1, -0.05) is 20.3 Å². The summed E-state index contributed by atoms with van der Waals surface area (Å²) in [5, 5.41) is 0. The van der Waals surface area contributed by atoms with Crippen LogP contribution in [0.15, 0.2) is 0 Å². The quantitative estimate of drug-likeness (QED) is 0.661. The van der Waals surface area contributed by atoms with Crippen LogP contribution in [0.2, 0.25) is 0 Å². The van der Waals surface area contributed by atoms with Crippen molar-refractivity contribution in [2.45, 2.75) is 57.7 Å². The van der Waals surface area contributed by atoms with Gasteiger partial charge in [-0.3, -0.25) is 4.90 Å². The van der Waals surface area contributed by atoms with E-state index in [0.717, 1.165) is 32.4 Å². The first-order valence-electron chi connectivity index (χ1n) is 6.04. The molecule has 0 spiro atoms. The zero-order chi connectivity index (χ0) is 10.2. The number of hydrogen-bond donors (Lipinski definition) is 0. The van der Waals surface area contributed by atoms with Gasteiger partial charge in [-0.2, -0.15) is 0 Å². The lowest BCUT2D eigenvalue weighted by Crippen LogP contribution is -2.52. The van der Waals surface area contributed by atoms with Crippen molar-refractivity contribution in [3.63, 3.8) is 0 Å². The lowest BCUT2D eigenvalue weighted by molar-refractivity contribution is 0.0230. The Hall–Kier alpha value is -0.110. The summed E-state index contributed by atoms with van der Waals surface area (Å²) in [6, 6.07) is 0. The molecule has 14 heavy (non-hydrogen) atoms. The molecule has 1 nitrogen and oxygen atoms in total. The van der Waals surface area contributed by atoms with Crippen LogP contribution in [0, 0.1) is 5.92 Å². The third kappa shape index (κ3) is 1.58. The van der Waals surface area contributed by atoms with E-state index < -0.39 is 6.17 Å². The SMILES string of the molecule is CC(C)CC12CCCCN1CCC2F. The molecule has 2 unspecified atom stereocenters. The van der Waals surface area contributed by atoms with Crippen molar-refractivity contribution < 1.29 is 4.39 Å². The van der Waals surface area contributed by atoms with Gasteiger partial charge in [-0.25, -0.2) is 4.39 Å². The van der Waals surface area contributed by atoms with Crippen LogP contribution >= 0.6 is 0 Å². The minimum atomic E-state index is -0.565.